The van der Waals surface area contributed by atoms with E-state index in [1.807, 2.05) is 48.5 Å². The van der Waals surface area contributed by atoms with Crippen molar-refractivity contribution in [2.45, 2.75) is 10.9 Å². The van der Waals surface area contributed by atoms with Gasteiger partial charge in [0.1, 0.15) is 5.39 Å². The zero-order valence-electron chi connectivity index (χ0n) is 16.1. The summed E-state index contributed by atoms with van der Waals surface area (Å²) in [4.78, 5) is 28.7. The van der Waals surface area contributed by atoms with Gasteiger partial charge in [-0.2, -0.15) is 5.10 Å². The van der Waals surface area contributed by atoms with Crippen molar-refractivity contribution in [1.82, 2.24) is 19.7 Å². The van der Waals surface area contributed by atoms with Gasteiger partial charge in [-0.1, -0.05) is 60.3 Å². The highest BCUT2D eigenvalue weighted by molar-refractivity contribution is 7.98. The number of fused-ring (bicyclic) bond motifs is 2. The summed E-state index contributed by atoms with van der Waals surface area (Å²) >= 11 is 1.34. The number of aromatic nitrogens is 4. The first-order valence-corrected chi connectivity index (χ1v) is 10.4. The quantitative estimate of drug-likeness (QED) is 0.191. The van der Waals surface area contributed by atoms with Gasteiger partial charge in [0, 0.05) is 23.3 Å². The fraction of sp³-hybridized carbons (Fsp3) is 0.0455. The van der Waals surface area contributed by atoms with Crippen molar-refractivity contribution in [1.29, 1.82) is 0 Å². The number of nitro groups is 1. The van der Waals surface area contributed by atoms with Crippen LogP contribution in [0.1, 0.15) is 5.56 Å². The van der Waals surface area contributed by atoms with Crippen molar-refractivity contribution in [3.05, 3.63) is 99.0 Å². The Morgan fingerprint density at radius 2 is 1.84 bits per heavy atom. The molecule has 0 atom stereocenters. The van der Waals surface area contributed by atoms with Crippen LogP contribution in [-0.4, -0.2) is 24.7 Å². The van der Waals surface area contributed by atoms with Crippen molar-refractivity contribution in [2.75, 3.05) is 0 Å². The summed E-state index contributed by atoms with van der Waals surface area (Å²) in [5, 5.41) is 20.6. The highest BCUT2D eigenvalue weighted by atomic mass is 32.2. The summed E-state index contributed by atoms with van der Waals surface area (Å²) in [7, 11) is 0. The monoisotopic (exact) mass is 429 g/mol. The predicted octanol–water partition coefficient (Wildman–Crippen LogP) is 4.46. The number of nitrogens with one attached hydrogen (secondary N) is 1. The third kappa shape index (κ3) is 3.44. The number of aromatic amines is 1. The normalized spacial score (nSPS) is 11.2. The van der Waals surface area contributed by atoms with Crippen LogP contribution in [0.2, 0.25) is 0 Å². The van der Waals surface area contributed by atoms with Gasteiger partial charge in [0.05, 0.1) is 16.8 Å². The Labute approximate surface area is 179 Å². The van der Waals surface area contributed by atoms with E-state index in [-0.39, 0.29) is 11.2 Å². The van der Waals surface area contributed by atoms with E-state index in [1.165, 1.54) is 30.1 Å². The molecule has 31 heavy (non-hydrogen) atoms. The molecule has 1 N–H and O–H groups in total. The number of hydrogen-bond acceptors (Lipinski definition) is 6. The SMILES string of the molecule is O=c1c2cn[nH]c2nc(SCc2cccc([N+](=O)[O-])c2)n1-c1cccc2ccccc12. The number of thioether (sulfide) groups is 1. The fourth-order valence-corrected chi connectivity index (χ4v) is 4.44. The van der Waals surface area contributed by atoms with Gasteiger partial charge in [-0.15, -0.1) is 0 Å². The highest BCUT2D eigenvalue weighted by Crippen LogP contribution is 2.28. The van der Waals surface area contributed by atoms with Crippen LogP contribution < -0.4 is 5.56 Å². The third-order valence-corrected chi connectivity index (χ3v) is 5.96. The Balaban J connectivity index is 1.65. The Morgan fingerprint density at radius 1 is 1.03 bits per heavy atom. The molecule has 152 valence electrons. The number of benzene rings is 3. The van der Waals surface area contributed by atoms with E-state index < -0.39 is 4.92 Å². The van der Waals surface area contributed by atoms with Crippen molar-refractivity contribution in [2.24, 2.45) is 0 Å². The summed E-state index contributed by atoms with van der Waals surface area (Å²) in [6, 6.07) is 20.1. The molecule has 0 amide bonds. The second-order valence-electron chi connectivity index (χ2n) is 6.88. The molecular formula is C22H15N5O3S. The Bertz CT molecular complexity index is 1500. The summed E-state index contributed by atoms with van der Waals surface area (Å²) < 4.78 is 1.59. The molecule has 0 saturated heterocycles. The molecule has 5 rings (SSSR count). The molecule has 2 heterocycles. The minimum Gasteiger partial charge on any atom is -0.268 e. The molecule has 0 radical (unpaired) electrons. The van der Waals surface area contributed by atoms with Gasteiger partial charge >= 0.3 is 0 Å². The molecule has 0 spiro atoms. The molecule has 8 nitrogen and oxygen atoms in total. The van der Waals surface area contributed by atoms with Crippen LogP contribution in [0, 0.1) is 10.1 Å². The minimum atomic E-state index is -0.422. The number of nitro benzene ring substituents is 1. The number of H-pyrrole nitrogens is 1. The molecule has 0 aliphatic rings. The average Bonchev–Trinajstić information content (AvgIpc) is 3.27. The minimum absolute atomic E-state index is 0.0292. The standard InChI is InChI=1S/C22H15N5O3S/c28-21-18-12-23-25-20(18)24-22(31-13-14-5-3-8-16(11-14)27(29)30)26(21)19-10-4-7-15-6-1-2-9-17(15)19/h1-12H,13H2,(H,23,25). The van der Waals surface area contributed by atoms with E-state index in [1.54, 1.807) is 10.6 Å². The molecule has 0 aliphatic carbocycles. The van der Waals surface area contributed by atoms with E-state index in [9.17, 15) is 14.9 Å². The van der Waals surface area contributed by atoms with E-state index in [2.05, 4.69) is 15.2 Å². The van der Waals surface area contributed by atoms with Crippen LogP contribution in [0.15, 0.2) is 82.9 Å². The molecule has 9 heteroatoms. The second kappa shape index (κ2) is 7.69. The van der Waals surface area contributed by atoms with Crippen LogP contribution in [0.25, 0.3) is 27.5 Å². The average molecular weight is 429 g/mol. The van der Waals surface area contributed by atoms with E-state index in [0.717, 1.165) is 22.0 Å². The lowest BCUT2D eigenvalue weighted by Gasteiger charge is -2.14. The molecular weight excluding hydrogens is 414 g/mol. The lowest BCUT2D eigenvalue weighted by Crippen LogP contribution is -2.21. The Hall–Kier alpha value is -3.98. The van der Waals surface area contributed by atoms with Gasteiger partial charge in [0.25, 0.3) is 11.2 Å². The van der Waals surface area contributed by atoms with Gasteiger partial charge in [-0.3, -0.25) is 24.6 Å². The number of rotatable bonds is 5. The van der Waals surface area contributed by atoms with Gasteiger partial charge < -0.3 is 0 Å². The zero-order valence-corrected chi connectivity index (χ0v) is 16.9. The first kappa shape index (κ1) is 19.0. The van der Waals surface area contributed by atoms with Crippen molar-refractivity contribution in [3.63, 3.8) is 0 Å². The van der Waals surface area contributed by atoms with Gasteiger partial charge in [0.2, 0.25) is 0 Å². The highest BCUT2D eigenvalue weighted by Gasteiger charge is 2.17. The van der Waals surface area contributed by atoms with E-state index in [0.29, 0.717) is 21.9 Å². The molecule has 0 bridgehead atoms. The van der Waals surface area contributed by atoms with Crippen LogP contribution >= 0.6 is 11.8 Å². The fourth-order valence-electron chi connectivity index (χ4n) is 3.49. The first-order chi connectivity index (χ1) is 15.1. The maximum atomic E-state index is 13.4. The smallest absolute Gasteiger partial charge is 0.268 e. The van der Waals surface area contributed by atoms with Crippen LogP contribution in [-0.2, 0) is 5.75 Å². The van der Waals surface area contributed by atoms with Gasteiger partial charge in [0.15, 0.2) is 10.8 Å². The van der Waals surface area contributed by atoms with Crippen LogP contribution in [0.4, 0.5) is 5.69 Å². The Morgan fingerprint density at radius 3 is 2.71 bits per heavy atom. The van der Waals surface area contributed by atoms with Gasteiger partial charge in [-0.25, -0.2) is 4.98 Å². The molecule has 3 aromatic carbocycles. The lowest BCUT2D eigenvalue weighted by atomic mass is 10.1. The molecule has 5 aromatic rings. The third-order valence-electron chi connectivity index (χ3n) is 4.95. The van der Waals surface area contributed by atoms with Crippen molar-refractivity contribution in [3.8, 4) is 5.69 Å². The molecule has 0 unspecified atom stereocenters. The Kier molecular flexibility index (Phi) is 4.72. The lowest BCUT2D eigenvalue weighted by molar-refractivity contribution is -0.384. The first-order valence-electron chi connectivity index (χ1n) is 9.42. The summed E-state index contributed by atoms with van der Waals surface area (Å²) in [5.74, 6) is 0.415. The number of non-ortho nitro benzene ring substituents is 1. The topological polar surface area (TPSA) is 107 Å². The predicted molar refractivity (Wildman–Crippen MR) is 120 cm³/mol. The largest absolute Gasteiger partial charge is 0.269 e. The van der Waals surface area contributed by atoms with Crippen LogP contribution in [0.5, 0.6) is 0 Å². The van der Waals surface area contributed by atoms with E-state index >= 15 is 0 Å². The maximum absolute atomic E-state index is 13.4. The number of hydrogen-bond donors (Lipinski definition) is 1. The van der Waals surface area contributed by atoms with E-state index in [4.69, 9.17) is 0 Å². The van der Waals surface area contributed by atoms with Crippen LogP contribution in [0.3, 0.4) is 0 Å². The summed E-state index contributed by atoms with van der Waals surface area (Å²) in [6.45, 7) is 0. The zero-order chi connectivity index (χ0) is 21.4. The molecule has 0 fully saturated rings. The molecule has 0 aliphatic heterocycles. The summed E-state index contributed by atoms with van der Waals surface area (Å²) in [5.41, 5.74) is 1.70. The van der Waals surface area contributed by atoms with Gasteiger partial charge in [-0.05, 0) is 17.0 Å². The number of nitrogens with zero attached hydrogens (tertiary/aromatic N) is 4. The summed E-state index contributed by atoms with van der Waals surface area (Å²) in [6.07, 6.45) is 1.47. The van der Waals surface area contributed by atoms with Crippen molar-refractivity contribution < 1.29 is 4.92 Å². The molecule has 0 saturated carbocycles. The maximum Gasteiger partial charge on any atom is 0.269 e. The van der Waals surface area contributed by atoms with Crippen molar-refractivity contribution >= 4 is 39.3 Å². The molecule has 2 aromatic heterocycles. The second-order valence-corrected chi connectivity index (χ2v) is 7.82.